The molecule has 0 aliphatic rings. The van der Waals surface area contributed by atoms with Crippen molar-refractivity contribution in [1.29, 1.82) is 0 Å². The molecule has 0 radical (unpaired) electrons. The zero-order chi connectivity index (χ0) is 14.7. The summed E-state index contributed by atoms with van der Waals surface area (Å²) in [6.07, 6.45) is 0. The molecule has 20 heavy (non-hydrogen) atoms. The zero-order valence-corrected chi connectivity index (χ0v) is 11.0. The van der Waals surface area contributed by atoms with E-state index in [2.05, 4.69) is 0 Å². The van der Waals surface area contributed by atoms with Crippen LogP contribution in [0.3, 0.4) is 0 Å². The van der Waals surface area contributed by atoms with Gasteiger partial charge >= 0.3 is 0 Å². The third kappa shape index (κ3) is 3.48. The molecule has 0 amide bonds. The second-order valence-corrected chi connectivity index (χ2v) is 4.50. The van der Waals surface area contributed by atoms with Crippen molar-refractivity contribution in [2.75, 3.05) is 0 Å². The van der Waals surface area contributed by atoms with Crippen molar-refractivity contribution in [2.45, 2.75) is 6.61 Å². The van der Waals surface area contributed by atoms with Gasteiger partial charge in [0.2, 0.25) is 0 Å². The summed E-state index contributed by atoms with van der Waals surface area (Å²) < 4.78 is 44.5. The van der Waals surface area contributed by atoms with Gasteiger partial charge in [0.05, 0.1) is 0 Å². The maximum atomic E-state index is 13.2. The first kappa shape index (κ1) is 14.3. The minimum absolute atomic E-state index is 0.000603. The standard InChI is InChI=1S/C14H10F3NOS/c15-9-1-2-13(14(18)20)8(3-9)7-19-12-5-10(16)4-11(17)6-12/h1-6H,7H2,(H2,18,20). The number of hydrogen-bond donors (Lipinski definition) is 1. The molecular weight excluding hydrogens is 287 g/mol. The molecule has 2 N–H and O–H groups in total. The Bertz CT molecular complexity index is 641. The van der Waals surface area contributed by atoms with Crippen molar-refractivity contribution < 1.29 is 17.9 Å². The van der Waals surface area contributed by atoms with Crippen LogP contribution in [0.15, 0.2) is 36.4 Å². The van der Waals surface area contributed by atoms with Gasteiger partial charge in [0.25, 0.3) is 0 Å². The Morgan fingerprint density at radius 3 is 2.25 bits per heavy atom. The van der Waals surface area contributed by atoms with Crippen LogP contribution in [-0.4, -0.2) is 4.99 Å². The summed E-state index contributed by atoms with van der Waals surface area (Å²) in [5.74, 6) is -1.99. The molecule has 0 bridgehead atoms. The molecule has 0 saturated carbocycles. The minimum atomic E-state index is -0.756. The Labute approximate surface area is 119 Å². The lowest BCUT2D eigenvalue weighted by Crippen LogP contribution is -2.14. The monoisotopic (exact) mass is 297 g/mol. The smallest absolute Gasteiger partial charge is 0.129 e. The van der Waals surface area contributed by atoms with Crippen LogP contribution in [0, 0.1) is 17.5 Å². The Balaban J connectivity index is 2.22. The normalized spacial score (nSPS) is 10.3. The largest absolute Gasteiger partial charge is 0.489 e. The molecule has 0 atom stereocenters. The Kier molecular flexibility index (Phi) is 4.24. The molecule has 0 aromatic heterocycles. The summed E-state index contributed by atoms with van der Waals surface area (Å²) in [5.41, 5.74) is 6.38. The van der Waals surface area contributed by atoms with E-state index in [1.54, 1.807) is 0 Å². The summed E-state index contributed by atoms with van der Waals surface area (Å²) in [6, 6.07) is 6.66. The van der Waals surface area contributed by atoms with Gasteiger partial charge in [-0.15, -0.1) is 0 Å². The first-order valence-corrected chi connectivity index (χ1v) is 6.03. The van der Waals surface area contributed by atoms with Crippen molar-refractivity contribution in [3.8, 4) is 5.75 Å². The van der Waals surface area contributed by atoms with Crippen molar-refractivity contribution in [2.24, 2.45) is 5.73 Å². The van der Waals surface area contributed by atoms with Gasteiger partial charge in [-0.3, -0.25) is 0 Å². The quantitative estimate of drug-likeness (QED) is 0.879. The third-order valence-electron chi connectivity index (χ3n) is 2.56. The fourth-order valence-electron chi connectivity index (χ4n) is 1.70. The fraction of sp³-hybridized carbons (Fsp3) is 0.0714. The van der Waals surface area contributed by atoms with Gasteiger partial charge in [0.15, 0.2) is 0 Å². The number of ether oxygens (including phenoxy) is 1. The maximum Gasteiger partial charge on any atom is 0.129 e. The zero-order valence-electron chi connectivity index (χ0n) is 10.2. The summed E-state index contributed by atoms with van der Waals surface area (Å²) in [6.45, 7) is -0.104. The summed E-state index contributed by atoms with van der Waals surface area (Å²) in [7, 11) is 0. The number of halogens is 3. The highest BCUT2D eigenvalue weighted by atomic mass is 32.1. The Morgan fingerprint density at radius 2 is 1.65 bits per heavy atom. The van der Waals surface area contributed by atoms with Crippen LogP contribution in [-0.2, 0) is 6.61 Å². The summed E-state index contributed by atoms with van der Waals surface area (Å²) in [5, 5.41) is 0. The van der Waals surface area contributed by atoms with Crippen molar-refractivity contribution in [1.82, 2.24) is 0 Å². The van der Waals surface area contributed by atoms with Crippen LogP contribution in [0.1, 0.15) is 11.1 Å². The second kappa shape index (κ2) is 5.92. The lowest BCUT2D eigenvalue weighted by molar-refractivity contribution is 0.302. The molecule has 0 spiro atoms. The van der Waals surface area contributed by atoms with Gasteiger partial charge in [0.1, 0.15) is 34.8 Å². The van der Waals surface area contributed by atoms with Gasteiger partial charge in [-0.2, -0.15) is 0 Å². The van der Waals surface area contributed by atoms with E-state index in [4.69, 9.17) is 22.7 Å². The molecule has 0 fully saturated rings. The Hall–Kier alpha value is -2.08. The van der Waals surface area contributed by atoms with Crippen molar-refractivity contribution >= 4 is 17.2 Å². The number of nitrogens with two attached hydrogens (primary N) is 1. The lowest BCUT2D eigenvalue weighted by Gasteiger charge is -2.10. The highest BCUT2D eigenvalue weighted by Crippen LogP contribution is 2.19. The van der Waals surface area contributed by atoms with E-state index < -0.39 is 17.5 Å². The Morgan fingerprint density at radius 1 is 1.00 bits per heavy atom. The van der Waals surface area contributed by atoms with E-state index in [9.17, 15) is 13.2 Å². The summed E-state index contributed by atoms with van der Waals surface area (Å²) >= 11 is 4.85. The van der Waals surface area contributed by atoms with Crippen LogP contribution in [0.5, 0.6) is 5.75 Å². The first-order valence-electron chi connectivity index (χ1n) is 5.63. The predicted molar refractivity (Wildman–Crippen MR) is 73.0 cm³/mol. The van der Waals surface area contributed by atoms with Gasteiger partial charge in [-0.1, -0.05) is 12.2 Å². The SMILES string of the molecule is NC(=S)c1ccc(F)cc1COc1cc(F)cc(F)c1. The highest BCUT2D eigenvalue weighted by Gasteiger charge is 2.08. The van der Waals surface area contributed by atoms with Crippen LogP contribution < -0.4 is 10.5 Å². The number of thiocarbonyl (C=S) groups is 1. The molecule has 2 aromatic carbocycles. The molecule has 0 aliphatic carbocycles. The van der Waals surface area contributed by atoms with E-state index in [0.717, 1.165) is 18.2 Å². The maximum absolute atomic E-state index is 13.2. The van der Waals surface area contributed by atoms with Gasteiger partial charge in [-0.25, -0.2) is 13.2 Å². The average molecular weight is 297 g/mol. The predicted octanol–water partition coefficient (Wildman–Crippen LogP) is 3.32. The molecule has 0 heterocycles. The van der Waals surface area contributed by atoms with Crippen molar-refractivity contribution in [3.05, 3.63) is 65.0 Å². The molecule has 2 aromatic rings. The average Bonchev–Trinajstić information content (AvgIpc) is 2.35. The molecule has 0 unspecified atom stereocenters. The number of hydrogen-bond acceptors (Lipinski definition) is 2. The van der Waals surface area contributed by atoms with Gasteiger partial charge in [-0.05, 0) is 18.2 Å². The van der Waals surface area contributed by atoms with Crippen LogP contribution in [0.25, 0.3) is 0 Å². The molecule has 6 heteroatoms. The molecular formula is C14H10F3NOS. The molecule has 0 saturated heterocycles. The van der Waals surface area contributed by atoms with Crippen LogP contribution >= 0.6 is 12.2 Å². The highest BCUT2D eigenvalue weighted by molar-refractivity contribution is 7.80. The van der Waals surface area contributed by atoms with Crippen LogP contribution in [0.4, 0.5) is 13.2 Å². The number of rotatable bonds is 4. The van der Waals surface area contributed by atoms with Crippen molar-refractivity contribution in [3.63, 3.8) is 0 Å². The van der Waals surface area contributed by atoms with E-state index in [-0.39, 0.29) is 17.3 Å². The molecule has 2 nitrogen and oxygen atoms in total. The summed E-state index contributed by atoms with van der Waals surface area (Å²) in [4.78, 5) is 0.0917. The number of benzene rings is 2. The van der Waals surface area contributed by atoms with E-state index in [0.29, 0.717) is 11.1 Å². The second-order valence-electron chi connectivity index (χ2n) is 4.06. The van der Waals surface area contributed by atoms with E-state index in [1.165, 1.54) is 18.2 Å². The van der Waals surface area contributed by atoms with Crippen LogP contribution in [0.2, 0.25) is 0 Å². The van der Waals surface area contributed by atoms with Gasteiger partial charge in [0, 0.05) is 29.3 Å². The minimum Gasteiger partial charge on any atom is -0.489 e. The molecule has 104 valence electrons. The van der Waals surface area contributed by atoms with E-state index >= 15 is 0 Å². The molecule has 0 aliphatic heterocycles. The van der Waals surface area contributed by atoms with E-state index in [1.807, 2.05) is 0 Å². The van der Waals surface area contributed by atoms with Gasteiger partial charge < -0.3 is 10.5 Å². The lowest BCUT2D eigenvalue weighted by atomic mass is 10.1. The molecule has 2 rings (SSSR count). The first-order chi connectivity index (χ1) is 9.45. The third-order valence-corrected chi connectivity index (χ3v) is 2.78. The topological polar surface area (TPSA) is 35.2 Å². The fourth-order valence-corrected chi connectivity index (χ4v) is 1.89.